The summed E-state index contributed by atoms with van der Waals surface area (Å²) in [6, 6.07) is 7.45. The molecule has 0 aliphatic rings. The number of aromatic amines is 1. The zero-order valence-electron chi connectivity index (χ0n) is 18.6. The van der Waals surface area contributed by atoms with Crippen LogP contribution in [0.2, 0.25) is 0 Å². The van der Waals surface area contributed by atoms with Gasteiger partial charge in [0, 0.05) is 4.88 Å². The normalized spacial score (nSPS) is 11.9. The van der Waals surface area contributed by atoms with E-state index >= 15 is 0 Å². The summed E-state index contributed by atoms with van der Waals surface area (Å²) in [4.78, 5) is 34.3. The van der Waals surface area contributed by atoms with Crippen molar-refractivity contribution < 1.29 is 14.3 Å². The quantitative estimate of drug-likeness (QED) is 0.388. The summed E-state index contributed by atoms with van der Waals surface area (Å²) in [6.45, 7) is 10.8. The van der Waals surface area contributed by atoms with Gasteiger partial charge < -0.3 is 14.5 Å². The Morgan fingerprint density at radius 3 is 2.58 bits per heavy atom. The third-order valence-electron chi connectivity index (χ3n) is 4.94. The van der Waals surface area contributed by atoms with Gasteiger partial charge in [-0.15, -0.1) is 11.3 Å². The first kappa shape index (κ1) is 22.7. The molecule has 31 heavy (non-hydrogen) atoms. The second-order valence-corrected chi connectivity index (χ2v) is 8.96. The lowest BCUT2D eigenvalue weighted by molar-refractivity contribution is -0.136. The van der Waals surface area contributed by atoms with E-state index in [0.29, 0.717) is 22.7 Å². The highest BCUT2D eigenvalue weighted by atomic mass is 32.1. The van der Waals surface area contributed by atoms with Crippen LogP contribution in [0.3, 0.4) is 0 Å². The van der Waals surface area contributed by atoms with Gasteiger partial charge in [-0.1, -0.05) is 26.0 Å². The van der Waals surface area contributed by atoms with Crippen molar-refractivity contribution >= 4 is 39.2 Å². The van der Waals surface area contributed by atoms with Crippen LogP contribution in [0.4, 0.5) is 0 Å². The van der Waals surface area contributed by atoms with E-state index in [1.807, 2.05) is 38.1 Å². The number of aromatic nitrogens is 2. The van der Waals surface area contributed by atoms with Crippen LogP contribution in [0.15, 0.2) is 29.1 Å². The Bertz CT molecular complexity index is 1160. The number of H-pyrrole nitrogens is 1. The van der Waals surface area contributed by atoms with E-state index in [4.69, 9.17) is 9.47 Å². The number of fused-ring (bicyclic) bond motifs is 1. The number of carbonyl (C=O) groups excluding carboxylic acids is 1. The largest absolute Gasteiger partial charge is 0.494 e. The van der Waals surface area contributed by atoms with Gasteiger partial charge in [0.2, 0.25) is 0 Å². The number of nitrogens with zero attached hydrogens (tertiary/aromatic N) is 1. The fraction of sp³-hybridized carbons (Fsp3) is 0.375. The number of carbonyl (C=O) groups is 1. The van der Waals surface area contributed by atoms with Crippen LogP contribution in [-0.4, -0.2) is 29.2 Å². The molecule has 2 aromatic heterocycles. The van der Waals surface area contributed by atoms with Crippen LogP contribution in [0.25, 0.3) is 21.9 Å². The van der Waals surface area contributed by atoms with Gasteiger partial charge in [0.05, 0.1) is 18.6 Å². The molecular formula is C24H28N2O4S. The molecule has 0 bridgehead atoms. The maximum Gasteiger partial charge on any atom is 0.341 e. The van der Waals surface area contributed by atoms with Gasteiger partial charge in [0.15, 0.2) is 0 Å². The van der Waals surface area contributed by atoms with Crippen LogP contribution in [0.1, 0.15) is 49.0 Å². The summed E-state index contributed by atoms with van der Waals surface area (Å²) in [5.74, 6) is 1.02. The first-order valence-electron chi connectivity index (χ1n) is 10.4. The summed E-state index contributed by atoms with van der Waals surface area (Å²) in [5.41, 5.74) is 1.64. The maximum atomic E-state index is 12.7. The van der Waals surface area contributed by atoms with Crippen molar-refractivity contribution in [3.63, 3.8) is 0 Å². The molecule has 0 radical (unpaired) electrons. The number of hydrogen-bond acceptors (Lipinski definition) is 6. The van der Waals surface area contributed by atoms with Crippen molar-refractivity contribution in [3.8, 4) is 5.75 Å². The predicted molar refractivity (Wildman–Crippen MR) is 126 cm³/mol. The topological polar surface area (TPSA) is 81.3 Å². The first-order chi connectivity index (χ1) is 14.8. The van der Waals surface area contributed by atoms with Crippen LogP contribution >= 0.6 is 11.3 Å². The second kappa shape index (κ2) is 9.92. The van der Waals surface area contributed by atoms with Gasteiger partial charge in [-0.2, -0.15) is 0 Å². The molecular weight excluding hydrogens is 412 g/mol. The molecule has 1 N–H and O–H groups in total. The van der Waals surface area contributed by atoms with Crippen LogP contribution in [-0.2, 0) is 9.53 Å². The third-order valence-corrected chi connectivity index (χ3v) is 6.05. The fourth-order valence-corrected chi connectivity index (χ4v) is 4.08. The highest BCUT2D eigenvalue weighted by Gasteiger charge is 2.19. The number of aryl methyl sites for hydroxylation is 2. The molecule has 2 heterocycles. The Morgan fingerprint density at radius 2 is 1.94 bits per heavy atom. The molecule has 0 aliphatic carbocycles. The molecule has 164 valence electrons. The van der Waals surface area contributed by atoms with Gasteiger partial charge in [-0.05, 0) is 62.4 Å². The Kier molecular flexibility index (Phi) is 7.28. The third kappa shape index (κ3) is 5.41. The van der Waals surface area contributed by atoms with Crippen molar-refractivity contribution in [2.24, 2.45) is 5.92 Å². The molecule has 0 amide bonds. The maximum absolute atomic E-state index is 12.7. The number of rotatable bonds is 8. The molecule has 0 aliphatic heterocycles. The highest BCUT2D eigenvalue weighted by Crippen LogP contribution is 2.27. The summed E-state index contributed by atoms with van der Waals surface area (Å²) in [6.07, 6.45) is 2.66. The molecule has 1 aromatic carbocycles. The minimum absolute atomic E-state index is 0.203. The number of hydrogen-bond donors (Lipinski definition) is 1. The van der Waals surface area contributed by atoms with E-state index in [1.165, 1.54) is 11.3 Å². The zero-order valence-corrected chi connectivity index (χ0v) is 19.4. The molecule has 0 spiro atoms. The average molecular weight is 441 g/mol. The molecule has 0 saturated heterocycles. The molecule has 3 aromatic rings. The summed E-state index contributed by atoms with van der Waals surface area (Å²) in [5, 5.41) is 0.567. The van der Waals surface area contributed by atoms with E-state index in [1.54, 1.807) is 13.0 Å². The van der Waals surface area contributed by atoms with Gasteiger partial charge in [0.1, 0.15) is 22.0 Å². The van der Waals surface area contributed by atoms with Gasteiger partial charge in [-0.3, -0.25) is 4.79 Å². The van der Waals surface area contributed by atoms with Gasteiger partial charge in [0.25, 0.3) is 5.56 Å². The van der Waals surface area contributed by atoms with Crippen LogP contribution < -0.4 is 10.3 Å². The minimum Gasteiger partial charge on any atom is -0.494 e. The van der Waals surface area contributed by atoms with E-state index in [-0.39, 0.29) is 23.6 Å². The number of nitrogens with one attached hydrogen (secondary N) is 1. The Labute approximate surface area is 185 Å². The number of benzene rings is 1. The molecule has 0 fully saturated rings. The Hall–Kier alpha value is -2.93. The smallest absolute Gasteiger partial charge is 0.341 e. The van der Waals surface area contributed by atoms with Gasteiger partial charge >= 0.3 is 5.97 Å². The van der Waals surface area contributed by atoms with Crippen molar-refractivity contribution in [1.29, 1.82) is 0 Å². The average Bonchev–Trinajstić information content (AvgIpc) is 3.01. The highest BCUT2D eigenvalue weighted by molar-refractivity contribution is 7.18. The Balaban J connectivity index is 1.96. The van der Waals surface area contributed by atoms with Crippen molar-refractivity contribution in [3.05, 3.63) is 56.4 Å². The second-order valence-electron chi connectivity index (χ2n) is 7.76. The predicted octanol–water partition coefficient (Wildman–Crippen LogP) is 5.13. The SMILES string of the molecule is CCOC(=O)C(=Cc1ccc(OCCC(C)C)cc1)c1nc2sc(C)c(C)c2c(=O)[nH]1. The van der Waals surface area contributed by atoms with E-state index in [0.717, 1.165) is 28.2 Å². The molecule has 0 saturated carbocycles. The van der Waals surface area contributed by atoms with Crippen LogP contribution in [0, 0.1) is 19.8 Å². The molecule has 0 unspecified atom stereocenters. The van der Waals surface area contributed by atoms with E-state index in [9.17, 15) is 9.59 Å². The summed E-state index contributed by atoms with van der Waals surface area (Å²) < 4.78 is 11.0. The standard InChI is InChI=1S/C24H28N2O4S/c1-6-29-24(28)19(13-17-7-9-18(10-8-17)30-12-11-14(2)3)21-25-22(27)20-15(4)16(5)31-23(20)26-21/h7-10,13-14H,6,11-12H2,1-5H3,(H,25,26,27). The lowest BCUT2D eigenvalue weighted by Gasteiger charge is -2.09. The van der Waals surface area contributed by atoms with Crippen molar-refractivity contribution in [1.82, 2.24) is 9.97 Å². The van der Waals surface area contributed by atoms with Gasteiger partial charge in [-0.25, -0.2) is 9.78 Å². The van der Waals surface area contributed by atoms with Crippen LogP contribution in [0.5, 0.6) is 5.75 Å². The number of ether oxygens (including phenoxy) is 2. The molecule has 6 nitrogen and oxygen atoms in total. The molecule has 3 rings (SSSR count). The lowest BCUT2D eigenvalue weighted by Crippen LogP contribution is -2.15. The van der Waals surface area contributed by atoms with Crippen molar-refractivity contribution in [2.45, 2.75) is 41.0 Å². The number of esters is 1. The summed E-state index contributed by atoms with van der Waals surface area (Å²) in [7, 11) is 0. The monoisotopic (exact) mass is 440 g/mol. The Morgan fingerprint density at radius 1 is 1.23 bits per heavy atom. The zero-order chi connectivity index (χ0) is 22.5. The lowest BCUT2D eigenvalue weighted by atomic mass is 10.1. The van der Waals surface area contributed by atoms with Crippen molar-refractivity contribution in [2.75, 3.05) is 13.2 Å². The summed E-state index contributed by atoms with van der Waals surface area (Å²) >= 11 is 1.44. The molecule has 7 heteroatoms. The fourth-order valence-electron chi connectivity index (χ4n) is 3.05. The number of thiophene rings is 1. The molecule has 0 atom stereocenters. The minimum atomic E-state index is -0.535. The first-order valence-corrected chi connectivity index (χ1v) is 11.2. The van der Waals surface area contributed by atoms with E-state index < -0.39 is 5.97 Å². The van der Waals surface area contributed by atoms with E-state index in [2.05, 4.69) is 23.8 Å².